The molecule has 0 radical (unpaired) electrons. The molecule has 6 nitrogen and oxygen atoms in total. The number of nitrogens with two attached hydrogens (primary N) is 1. The lowest BCUT2D eigenvalue weighted by molar-refractivity contribution is -0.140. The molecule has 0 aliphatic rings. The zero-order valence-electron chi connectivity index (χ0n) is 10.1. The van der Waals surface area contributed by atoms with Gasteiger partial charge in [-0.15, -0.1) is 0 Å². The predicted octanol–water partition coefficient (Wildman–Crippen LogP) is 0.648. The van der Waals surface area contributed by atoms with Gasteiger partial charge in [0.25, 0.3) is 0 Å². The Morgan fingerprint density at radius 3 is 2.53 bits per heavy atom. The quantitative estimate of drug-likeness (QED) is 0.672. The number of aromatic nitrogens is 2. The standard InChI is InChI=1S/C11H18N4O2/c1-7(2)3-9(10(16)17)13-4-8-5-14-11(12)15-6-8/h5-7,9,13H,3-4H2,1-2H3,(H,16,17)(H2,12,14,15)/t9-/m1/s1. The summed E-state index contributed by atoms with van der Waals surface area (Å²) in [4.78, 5) is 18.7. The first-order valence-electron chi connectivity index (χ1n) is 5.51. The number of rotatable bonds is 6. The van der Waals surface area contributed by atoms with Crippen LogP contribution < -0.4 is 11.1 Å². The maximum Gasteiger partial charge on any atom is 0.320 e. The van der Waals surface area contributed by atoms with E-state index in [4.69, 9.17) is 10.8 Å². The van der Waals surface area contributed by atoms with Crippen LogP contribution in [-0.4, -0.2) is 27.1 Å². The monoisotopic (exact) mass is 238 g/mol. The van der Waals surface area contributed by atoms with E-state index in [9.17, 15) is 4.79 Å². The molecule has 1 atom stereocenters. The summed E-state index contributed by atoms with van der Waals surface area (Å²) in [6.45, 7) is 4.40. The lowest BCUT2D eigenvalue weighted by Gasteiger charge is -2.16. The lowest BCUT2D eigenvalue weighted by Crippen LogP contribution is -2.37. The second kappa shape index (κ2) is 6.15. The van der Waals surface area contributed by atoms with Gasteiger partial charge in [-0.2, -0.15) is 0 Å². The Hall–Kier alpha value is -1.69. The molecule has 17 heavy (non-hydrogen) atoms. The van der Waals surface area contributed by atoms with Crippen molar-refractivity contribution < 1.29 is 9.90 Å². The molecule has 1 aromatic rings. The van der Waals surface area contributed by atoms with Gasteiger partial charge in [-0.25, -0.2) is 9.97 Å². The van der Waals surface area contributed by atoms with Gasteiger partial charge in [0, 0.05) is 24.5 Å². The average Bonchev–Trinajstić information content (AvgIpc) is 2.25. The van der Waals surface area contributed by atoms with Crippen molar-refractivity contribution in [1.29, 1.82) is 0 Å². The molecule has 0 spiro atoms. The van der Waals surface area contributed by atoms with Gasteiger partial charge in [0.15, 0.2) is 0 Å². The topological polar surface area (TPSA) is 101 Å². The van der Waals surface area contributed by atoms with E-state index in [2.05, 4.69) is 15.3 Å². The van der Waals surface area contributed by atoms with Crippen molar-refractivity contribution in [2.75, 3.05) is 5.73 Å². The molecule has 4 N–H and O–H groups in total. The molecule has 0 saturated carbocycles. The molecular formula is C11H18N4O2. The zero-order valence-corrected chi connectivity index (χ0v) is 10.1. The second-order valence-corrected chi connectivity index (χ2v) is 4.35. The molecule has 1 rings (SSSR count). The maximum absolute atomic E-state index is 11.0. The molecule has 0 aromatic carbocycles. The van der Waals surface area contributed by atoms with Crippen LogP contribution in [0.25, 0.3) is 0 Å². The molecule has 0 unspecified atom stereocenters. The van der Waals surface area contributed by atoms with Crippen LogP contribution in [-0.2, 0) is 11.3 Å². The molecule has 6 heteroatoms. The van der Waals surface area contributed by atoms with Gasteiger partial charge in [0.1, 0.15) is 6.04 Å². The number of nitrogens with one attached hydrogen (secondary N) is 1. The summed E-state index contributed by atoms with van der Waals surface area (Å²) in [6.07, 6.45) is 3.76. The predicted molar refractivity (Wildman–Crippen MR) is 64.2 cm³/mol. The van der Waals surface area contributed by atoms with Crippen LogP contribution in [0, 0.1) is 5.92 Å². The summed E-state index contributed by atoms with van der Waals surface area (Å²) in [5.41, 5.74) is 6.17. The Kier molecular flexibility index (Phi) is 4.84. The fourth-order valence-electron chi connectivity index (χ4n) is 1.44. The first-order chi connectivity index (χ1) is 7.99. The number of carboxylic acids is 1. The van der Waals surface area contributed by atoms with Crippen molar-refractivity contribution in [2.45, 2.75) is 32.9 Å². The highest BCUT2D eigenvalue weighted by Gasteiger charge is 2.17. The summed E-state index contributed by atoms with van der Waals surface area (Å²) in [5.74, 6) is -0.299. The van der Waals surface area contributed by atoms with Gasteiger partial charge in [-0.3, -0.25) is 4.79 Å². The fraction of sp³-hybridized carbons (Fsp3) is 0.545. The molecule has 0 aliphatic carbocycles. The summed E-state index contributed by atoms with van der Waals surface area (Å²) in [5, 5.41) is 12.0. The molecular weight excluding hydrogens is 220 g/mol. The Morgan fingerprint density at radius 1 is 1.47 bits per heavy atom. The van der Waals surface area contributed by atoms with Gasteiger partial charge in [-0.05, 0) is 12.3 Å². The first kappa shape index (κ1) is 13.4. The van der Waals surface area contributed by atoms with E-state index in [1.165, 1.54) is 0 Å². The highest BCUT2D eigenvalue weighted by Crippen LogP contribution is 2.06. The Bertz CT molecular complexity index is 364. The highest BCUT2D eigenvalue weighted by molar-refractivity contribution is 5.73. The van der Waals surface area contributed by atoms with Gasteiger partial charge in [0.2, 0.25) is 5.95 Å². The van der Waals surface area contributed by atoms with Crippen LogP contribution >= 0.6 is 0 Å². The van der Waals surface area contributed by atoms with Crippen molar-refractivity contribution in [3.63, 3.8) is 0 Å². The van der Waals surface area contributed by atoms with Crippen molar-refractivity contribution in [1.82, 2.24) is 15.3 Å². The van der Waals surface area contributed by atoms with Crippen molar-refractivity contribution >= 4 is 11.9 Å². The van der Waals surface area contributed by atoms with Crippen LogP contribution in [0.3, 0.4) is 0 Å². The third-order valence-corrected chi connectivity index (χ3v) is 2.28. The summed E-state index contributed by atoms with van der Waals surface area (Å²) >= 11 is 0. The Labute approximate surface area is 100 Å². The van der Waals surface area contributed by atoms with E-state index in [1.54, 1.807) is 12.4 Å². The minimum absolute atomic E-state index is 0.214. The van der Waals surface area contributed by atoms with E-state index in [0.29, 0.717) is 18.9 Å². The summed E-state index contributed by atoms with van der Waals surface area (Å²) in [6, 6.07) is -0.549. The molecule has 0 aliphatic heterocycles. The number of hydrogen-bond acceptors (Lipinski definition) is 5. The minimum atomic E-state index is -0.838. The number of anilines is 1. The second-order valence-electron chi connectivity index (χ2n) is 4.35. The molecule has 1 heterocycles. The van der Waals surface area contributed by atoms with Gasteiger partial charge in [0.05, 0.1) is 0 Å². The molecule has 0 saturated heterocycles. The number of aliphatic carboxylic acids is 1. The smallest absolute Gasteiger partial charge is 0.320 e. The number of nitrogen functional groups attached to an aromatic ring is 1. The van der Waals surface area contributed by atoms with Crippen LogP contribution in [0.15, 0.2) is 12.4 Å². The first-order valence-corrected chi connectivity index (χ1v) is 5.51. The van der Waals surface area contributed by atoms with Crippen LogP contribution in [0.1, 0.15) is 25.8 Å². The van der Waals surface area contributed by atoms with Crippen molar-refractivity contribution in [2.24, 2.45) is 5.92 Å². The Balaban J connectivity index is 2.51. The Morgan fingerprint density at radius 2 is 2.06 bits per heavy atom. The van der Waals surface area contributed by atoms with E-state index in [1.807, 2.05) is 13.8 Å². The van der Waals surface area contributed by atoms with Gasteiger partial charge < -0.3 is 16.2 Å². The number of carbonyl (C=O) groups is 1. The summed E-state index contributed by atoms with van der Waals surface area (Å²) in [7, 11) is 0. The third kappa shape index (κ3) is 4.78. The SMILES string of the molecule is CC(C)C[C@@H](NCc1cnc(N)nc1)C(=O)O. The normalized spacial score (nSPS) is 12.6. The lowest BCUT2D eigenvalue weighted by atomic mass is 10.0. The van der Waals surface area contributed by atoms with E-state index in [0.717, 1.165) is 5.56 Å². The molecule has 0 bridgehead atoms. The minimum Gasteiger partial charge on any atom is -0.480 e. The maximum atomic E-state index is 11.0. The third-order valence-electron chi connectivity index (χ3n) is 2.28. The molecule has 0 fully saturated rings. The largest absolute Gasteiger partial charge is 0.480 e. The fourth-order valence-corrected chi connectivity index (χ4v) is 1.44. The number of nitrogens with zero attached hydrogens (tertiary/aromatic N) is 2. The van der Waals surface area contributed by atoms with Gasteiger partial charge >= 0.3 is 5.97 Å². The van der Waals surface area contributed by atoms with Crippen LogP contribution in [0.4, 0.5) is 5.95 Å². The zero-order chi connectivity index (χ0) is 12.8. The number of carboxylic acid groups (broad SMARTS) is 1. The van der Waals surface area contributed by atoms with Crippen LogP contribution in [0.2, 0.25) is 0 Å². The summed E-state index contributed by atoms with van der Waals surface area (Å²) < 4.78 is 0. The van der Waals surface area contributed by atoms with E-state index in [-0.39, 0.29) is 5.95 Å². The average molecular weight is 238 g/mol. The molecule has 94 valence electrons. The highest BCUT2D eigenvalue weighted by atomic mass is 16.4. The van der Waals surface area contributed by atoms with Crippen LogP contribution in [0.5, 0.6) is 0 Å². The van der Waals surface area contributed by atoms with Crippen molar-refractivity contribution in [3.8, 4) is 0 Å². The van der Waals surface area contributed by atoms with E-state index >= 15 is 0 Å². The molecule has 1 aromatic heterocycles. The van der Waals surface area contributed by atoms with Gasteiger partial charge in [-0.1, -0.05) is 13.8 Å². The van der Waals surface area contributed by atoms with E-state index < -0.39 is 12.0 Å². The molecule has 0 amide bonds. The van der Waals surface area contributed by atoms with Crippen molar-refractivity contribution in [3.05, 3.63) is 18.0 Å². The number of hydrogen-bond donors (Lipinski definition) is 3.